The molecule has 0 spiro atoms. The summed E-state index contributed by atoms with van der Waals surface area (Å²) in [5.41, 5.74) is 2.28. The molecule has 2 aliphatic rings. The van der Waals surface area contributed by atoms with Crippen molar-refractivity contribution in [2.45, 2.75) is 37.6 Å². The number of benzene rings is 1. The molecule has 110 valence electrons. The first kappa shape index (κ1) is 13.2. The molecule has 0 unspecified atom stereocenters. The van der Waals surface area contributed by atoms with E-state index in [9.17, 15) is 4.79 Å². The minimum Gasteiger partial charge on any atom is -0.478 e. The molecule has 1 aliphatic heterocycles. The SMILES string of the molecule is O=C(O)c1ccc2c(c1)nc(C1CC1)n2C1CCSCC1. The van der Waals surface area contributed by atoms with Crippen LogP contribution in [-0.4, -0.2) is 32.1 Å². The van der Waals surface area contributed by atoms with Gasteiger partial charge in [-0.05, 0) is 55.4 Å². The maximum atomic E-state index is 11.1. The second kappa shape index (κ2) is 5.05. The molecule has 1 saturated heterocycles. The summed E-state index contributed by atoms with van der Waals surface area (Å²) >= 11 is 2.03. The summed E-state index contributed by atoms with van der Waals surface area (Å²) in [7, 11) is 0. The molecular weight excluding hydrogens is 284 g/mol. The maximum Gasteiger partial charge on any atom is 0.335 e. The van der Waals surface area contributed by atoms with Gasteiger partial charge >= 0.3 is 5.97 Å². The third-order valence-corrected chi connectivity index (χ3v) is 5.51. The van der Waals surface area contributed by atoms with Crippen molar-refractivity contribution in [2.24, 2.45) is 0 Å². The van der Waals surface area contributed by atoms with Crippen molar-refractivity contribution in [3.63, 3.8) is 0 Å². The predicted octanol–water partition coefficient (Wildman–Crippen LogP) is 3.68. The molecule has 0 amide bonds. The van der Waals surface area contributed by atoms with Gasteiger partial charge in [0, 0.05) is 12.0 Å². The third kappa shape index (κ3) is 2.33. The van der Waals surface area contributed by atoms with Crippen LogP contribution in [0.1, 0.15) is 53.8 Å². The van der Waals surface area contributed by atoms with E-state index in [0.29, 0.717) is 17.5 Å². The molecule has 1 aliphatic carbocycles. The number of aromatic carboxylic acids is 1. The Morgan fingerprint density at radius 1 is 1.24 bits per heavy atom. The smallest absolute Gasteiger partial charge is 0.335 e. The molecule has 1 saturated carbocycles. The van der Waals surface area contributed by atoms with Crippen molar-refractivity contribution >= 4 is 28.8 Å². The first-order valence-corrected chi connectivity index (χ1v) is 8.72. The monoisotopic (exact) mass is 302 g/mol. The molecule has 21 heavy (non-hydrogen) atoms. The Labute approximate surface area is 127 Å². The van der Waals surface area contributed by atoms with Crippen LogP contribution < -0.4 is 0 Å². The fraction of sp³-hybridized carbons (Fsp3) is 0.500. The summed E-state index contributed by atoms with van der Waals surface area (Å²) in [6.45, 7) is 0. The second-order valence-electron chi connectivity index (χ2n) is 5.97. The van der Waals surface area contributed by atoms with Crippen molar-refractivity contribution < 1.29 is 9.90 Å². The van der Waals surface area contributed by atoms with Crippen LogP contribution >= 0.6 is 11.8 Å². The van der Waals surface area contributed by atoms with Crippen molar-refractivity contribution in [2.75, 3.05) is 11.5 Å². The lowest BCUT2D eigenvalue weighted by atomic mass is 10.1. The Morgan fingerprint density at radius 3 is 2.67 bits per heavy atom. The number of carboxylic acids is 1. The molecule has 2 fully saturated rings. The number of aromatic nitrogens is 2. The lowest BCUT2D eigenvalue weighted by Gasteiger charge is -2.25. The minimum atomic E-state index is -0.881. The normalized spacial score (nSPS) is 20.0. The van der Waals surface area contributed by atoms with E-state index in [1.54, 1.807) is 12.1 Å². The van der Waals surface area contributed by atoms with Crippen molar-refractivity contribution in [1.82, 2.24) is 9.55 Å². The van der Waals surface area contributed by atoms with Gasteiger partial charge < -0.3 is 9.67 Å². The fourth-order valence-corrected chi connectivity index (χ4v) is 4.29. The van der Waals surface area contributed by atoms with Gasteiger partial charge in [-0.15, -0.1) is 0 Å². The second-order valence-corrected chi connectivity index (χ2v) is 7.19. The van der Waals surface area contributed by atoms with Crippen LogP contribution in [-0.2, 0) is 0 Å². The zero-order valence-electron chi connectivity index (χ0n) is 11.8. The predicted molar refractivity (Wildman–Crippen MR) is 84.3 cm³/mol. The molecule has 1 aromatic carbocycles. The quantitative estimate of drug-likeness (QED) is 0.939. The standard InChI is InChI=1S/C16H18N2O2S/c19-16(20)11-3-4-14-13(9-11)17-15(10-1-2-10)18(14)12-5-7-21-8-6-12/h3-4,9-10,12H,1-2,5-8H2,(H,19,20). The number of imidazole rings is 1. The molecule has 2 heterocycles. The van der Waals surface area contributed by atoms with Crippen LogP contribution in [0.15, 0.2) is 18.2 Å². The first-order valence-electron chi connectivity index (χ1n) is 7.57. The largest absolute Gasteiger partial charge is 0.478 e. The van der Waals surface area contributed by atoms with Crippen LogP contribution in [0.5, 0.6) is 0 Å². The first-order chi connectivity index (χ1) is 10.2. The zero-order chi connectivity index (χ0) is 14.4. The molecule has 4 nitrogen and oxygen atoms in total. The van der Waals surface area contributed by atoms with Crippen LogP contribution in [0.25, 0.3) is 11.0 Å². The molecule has 0 atom stereocenters. The summed E-state index contributed by atoms with van der Waals surface area (Å²) in [6.07, 6.45) is 4.82. The highest BCUT2D eigenvalue weighted by Gasteiger charge is 2.32. The minimum absolute atomic E-state index is 0.327. The van der Waals surface area contributed by atoms with E-state index in [1.165, 1.54) is 43.0 Å². The molecule has 0 bridgehead atoms. The molecule has 1 aromatic heterocycles. The number of carboxylic acid groups (broad SMARTS) is 1. The third-order valence-electron chi connectivity index (χ3n) is 4.46. The molecule has 2 aromatic rings. The van der Waals surface area contributed by atoms with Crippen molar-refractivity contribution in [3.8, 4) is 0 Å². The Morgan fingerprint density at radius 2 is 2.00 bits per heavy atom. The molecule has 1 N–H and O–H groups in total. The van der Waals surface area contributed by atoms with Gasteiger partial charge in [0.1, 0.15) is 5.82 Å². The summed E-state index contributed by atoms with van der Waals surface area (Å²) in [5.74, 6) is 3.31. The van der Waals surface area contributed by atoms with Crippen molar-refractivity contribution in [3.05, 3.63) is 29.6 Å². The molecular formula is C16H18N2O2S. The van der Waals surface area contributed by atoms with E-state index in [1.807, 2.05) is 17.8 Å². The van der Waals surface area contributed by atoms with E-state index < -0.39 is 5.97 Å². The van der Waals surface area contributed by atoms with E-state index in [0.717, 1.165) is 11.0 Å². The lowest BCUT2D eigenvalue weighted by Crippen LogP contribution is -2.17. The van der Waals surface area contributed by atoms with Crippen LogP contribution in [0.4, 0.5) is 0 Å². The Balaban J connectivity index is 1.85. The van der Waals surface area contributed by atoms with E-state index in [4.69, 9.17) is 10.1 Å². The van der Waals surface area contributed by atoms with Crippen LogP contribution in [0, 0.1) is 0 Å². The van der Waals surface area contributed by atoms with Crippen LogP contribution in [0.3, 0.4) is 0 Å². The topological polar surface area (TPSA) is 55.1 Å². The Kier molecular flexibility index (Phi) is 3.17. The average molecular weight is 302 g/mol. The van der Waals surface area contributed by atoms with Gasteiger partial charge in [-0.3, -0.25) is 0 Å². The van der Waals surface area contributed by atoms with E-state index in [-0.39, 0.29) is 0 Å². The highest BCUT2D eigenvalue weighted by atomic mass is 32.2. The Hall–Kier alpha value is -1.49. The van der Waals surface area contributed by atoms with Crippen LogP contribution in [0.2, 0.25) is 0 Å². The highest BCUT2D eigenvalue weighted by molar-refractivity contribution is 7.99. The average Bonchev–Trinajstić information content (AvgIpc) is 3.28. The van der Waals surface area contributed by atoms with Gasteiger partial charge in [-0.2, -0.15) is 11.8 Å². The summed E-state index contributed by atoms with van der Waals surface area (Å²) in [4.78, 5) is 15.9. The van der Waals surface area contributed by atoms with Gasteiger partial charge in [0.15, 0.2) is 0 Å². The summed E-state index contributed by atoms with van der Waals surface area (Å²) in [6, 6.07) is 5.90. The molecule has 0 radical (unpaired) electrons. The van der Waals surface area contributed by atoms with E-state index >= 15 is 0 Å². The Bertz CT molecular complexity index is 700. The number of hydrogen-bond donors (Lipinski definition) is 1. The van der Waals surface area contributed by atoms with Crippen molar-refractivity contribution in [1.29, 1.82) is 0 Å². The molecule has 4 rings (SSSR count). The number of carbonyl (C=O) groups is 1. The zero-order valence-corrected chi connectivity index (χ0v) is 12.6. The lowest BCUT2D eigenvalue weighted by molar-refractivity contribution is 0.0697. The summed E-state index contributed by atoms with van der Waals surface area (Å²) < 4.78 is 2.42. The van der Waals surface area contributed by atoms with Gasteiger partial charge in [-0.25, -0.2) is 9.78 Å². The highest BCUT2D eigenvalue weighted by Crippen LogP contribution is 2.43. The number of hydrogen-bond acceptors (Lipinski definition) is 3. The number of thioether (sulfide) groups is 1. The van der Waals surface area contributed by atoms with Gasteiger partial charge in [0.25, 0.3) is 0 Å². The number of fused-ring (bicyclic) bond motifs is 1. The van der Waals surface area contributed by atoms with Gasteiger partial charge in [-0.1, -0.05) is 0 Å². The van der Waals surface area contributed by atoms with Gasteiger partial charge in [0.05, 0.1) is 16.6 Å². The number of nitrogens with zero attached hydrogens (tertiary/aromatic N) is 2. The number of rotatable bonds is 3. The van der Waals surface area contributed by atoms with Gasteiger partial charge in [0.2, 0.25) is 0 Å². The molecule has 5 heteroatoms. The van der Waals surface area contributed by atoms with E-state index in [2.05, 4.69) is 4.57 Å². The summed E-state index contributed by atoms with van der Waals surface area (Å²) in [5, 5.41) is 9.15. The fourth-order valence-electron chi connectivity index (χ4n) is 3.21. The maximum absolute atomic E-state index is 11.1.